The van der Waals surface area contributed by atoms with Gasteiger partial charge in [-0.15, -0.1) is 0 Å². The number of carbonyl (C=O) groups excluding carboxylic acids is 2. The molecule has 0 bridgehead atoms. The lowest BCUT2D eigenvalue weighted by Gasteiger charge is -2.38. The predicted molar refractivity (Wildman–Crippen MR) is 129 cm³/mol. The molecule has 2 aliphatic rings. The van der Waals surface area contributed by atoms with Gasteiger partial charge in [0, 0.05) is 63.1 Å². The van der Waals surface area contributed by atoms with Crippen LogP contribution in [0.4, 0.5) is 5.69 Å². The summed E-state index contributed by atoms with van der Waals surface area (Å²) < 4.78 is 0. The number of piperazine rings is 2. The maximum atomic E-state index is 12.8. The zero-order chi connectivity index (χ0) is 22.7. The van der Waals surface area contributed by atoms with Crippen molar-refractivity contribution in [2.75, 3.05) is 63.8 Å². The van der Waals surface area contributed by atoms with Gasteiger partial charge in [0.25, 0.3) is 5.91 Å². The Balaban J connectivity index is 1.24. The van der Waals surface area contributed by atoms with E-state index in [1.807, 2.05) is 4.90 Å². The minimum absolute atomic E-state index is 0.0927. The number of rotatable bonds is 4. The predicted octanol–water partition coefficient (Wildman–Crippen LogP) is 3.41. The molecule has 2 heterocycles. The van der Waals surface area contributed by atoms with Crippen molar-refractivity contribution < 1.29 is 9.59 Å². The van der Waals surface area contributed by atoms with Crippen molar-refractivity contribution in [1.82, 2.24) is 14.7 Å². The van der Waals surface area contributed by atoms with E-state index in [4.69, 9.17) is 23.2 Å². The summed E-state index contributed by atoms with van der Waals surface area (Å²) >= 11 is 12.1. The highest BCUT2D eigenvalue weighted by Gasteiger charge is 2.27. The first kappa shape index (κ1) is 22.9. The Morgan fingerprint density at radius 1 is 0.844 bits per heavy atom. The van der Waals surface area contributed by atoms with Crippen LogP contribution in [0.1, 0.15) is 15.9 Å². The van der Waals surface area contributed by atoms with E-state index in [9.17, 15) is 9.59 Å². The first-order valence-electron chi connectivity index (χ1n) is 11.0. The van der Waals surface area contributed by atoms with Crippen LogP contribution in [0.15, 0.2) is 42.5 Å². The molecule has 8 heteroatoms. The largest absolute Gasteiger partial charge is 0.368 e. The molecule has 2 amide bonds. The summed E-state index contributed by atoms with van der Waals surface area (Å²) in [7, 11) is 0. The first-order chi connectivity index (χ1) is 15.4. The minimum atomic E-state index is -0.0927. The van der Waals surface area contributed by atoms with Crippen LogP contribution in [0.2, 0.25) is 10.0 Å². The van der Waals surface area contributed by atoms with Gasteiger partial charge in [-0.1, -0.05) is 35.3 Å². The lowest BCUT2D eigenvalue weighted by molar-refractivity contribution is -0.133. The van der Waals surface area contributed by atoms with Gasteiger partial charge < -0.3 is 14.7 Å². The van der Waals surface area contributed by atoms with Gasteiger partial charge in [-0.25, -0.2) is 0 Å². The molecule has 32 heavy (non-hydrogen) atoms. The number of benzene rings is 2. The van der Waals surface area contributed by atoms with E-state index in [2.05, 4.69) is 41.0 Å². The maximum absolute atomic E-state index is 12.8. The average molecular weight is 475 g/mol. The van der Waals surface area contributed by atoms with Crippen LogP contribution in [0.3, 0.4) is 0 Å². The molecular weight excluding hydrogens is 447 g/mol. The van der Waals surface area contributed by atoms with Crippen LogP contribution in [-0.2, 0) is 4.79 Å². The number of carbonyl (C=O) groups is 2. The third-order valence-corrected chi connectivity index (χ3v) is 6.73. The van der Waals surface area contributed by atoms with E-state index >= 15 is 0 Å². The number of hydrogen-bond acceptors (Lipinski definition) is 4. The first-order valence-corrected chi connectivity index (χ1v) is 11.7. The second-order valence-corrected chi connectivity index (χ2v) is 9.24. The van der Waals surface area contributed by atoms with Gasteiger partial charge in [0.1, 0.15) is 0 Å². The standard InChI is InChI=1S/C24H28Cl2N4O2/c1-18-3-2-4-20(15-18)28-11-13-29(14-12-28)23(31)17-27-7-9-30(10-8-27)24(32)21-6-5-19(25)16-22(21)26/h2-6,15-16H,7-14,17H2,1H3. The van der Waals surface area contributed by atoms with Gasteiger partial charge in [0.15, 0.2) is 0 Å². The van der Waals surface area contributed by atoms with Crippen LogP contribution in [0.25, 0.3) is 0 Å². The fourth-order valence-electron chi connectivity index (χ4n) is 4.27. The Morgan fingerprint density at radius 2 is 1.53 bits per heavy atom. The lowest BCUT2D eigenvalue weighted by Crippen LogP contribution is -2.54. The Bertz CT molecular complexity index is 984. The van der Waals surface area contributed by atoms with E-state index in [1.54, 1.807) is 23.1 Å². The van der Waals surface area contributed by atoms with Crippen molar-refractivity contribution in [3.05, 3.63) is 63.6 Å². The molecule has 2 saturated heterocycles. The number of nitrogens with zero attached hydrogens (tertiary/aromatic N) is 4. The molecule has 2 aromatic carbocycles. The molecule has 6 nitrogen and oxygen atoms in total. The molecule has 2 aromatic rings. The molecule has 0 unspecified atom stereocenters. The van der Waals surface area contributed by atoms with Crippen molar-refractivity contribution in [2.45, 2.75) is 6.92 Å². The summed E-state index contributed by atoms with van der Waals surface area (Å²) in [5.74, 6) is 0.0688. The summed E-state index contributed by atoms with van der Waals surface area (Å²) in [5.41, 5.74) is 2.93. The quantitative estimate of drug-likeness (QED) is 0.680. The minimum Gasteiger partial charge on any atom is -0.368 e. The monoisotopic (exact) mass is 474 g/mol. The highest BCUT2D eigenvalue weighted by Crippen LogP contribution is 2.23. The average Bonchev–Trinajstić information content (AvgIpc) is 2.79. The lowest BCUT2D eigenvalue weighted by atomic mass is 10.1. The molecule has 170 valence electrons. The van der Waals surface area contributed by atoms with Gasteiger partial charge in [-0.05, 0) is 42.8 Å². The molecule has 0 radical (unpaired) electrons. The fourth-order valence-corrected chi connectivity index (χ4v) is 4.76. The van der Waals surface area contributed by atoms with E-state index in [0.717, 1.165) is 26.2 Å². The molecule has 4 rings (SSSR count). The van der Waals surface area contributed by atoms with Crippen molar-refractivity contribution in [2.24, 2.45) is 0 Å². The Labute approximate surface area is 199 Å². The number of halogens is 2. The molecule has 0 aromatic heterocycles. The third kappa shape index (κ3) is 5.37. The SMILES string of the molecule is Cc1cccc(N2CCN(C(=O)CN3CCN(C(=O)c4ccc(Cl)cc4Cl)CC3)CC2)c1. The van der Waals surface area contributed by atoms with Crippen LogP contribution in [-0.4, -0.2) is 85.4 Å². The van der Waals surface area contributed by atoms with Gasteiger partial charge >= 0.3 is 0 Å². The topological polar surface area (TPSA) is 47.1 Å². The Kier molecular flexibility index (Phi) is 7.23. The van der Waals surface area contributed by atoms with Gasteiger partial charge in [-0.3, -0.25) is 14.5 Å². The van der Waals surface area contributed by atoms with E-state index < -0.39 is 0 Å². The zero-order valence-electron chi connectivity index (χ0n) is 18.3. The molecule has 0 spiro atoms. The Morgan fingerprint density at radius 3 is 2.19 bits per heavy atom. The highest BCUT2D eigenvalue weighted by molar-refractivity contribution is 6.36. The second kappa shape index (κ2) is 10.1. The summed E-state index contributed by atoms with van der Waals surface area (Å²) in [6.45, 7) is 8.16. The maximum Gasteiger partial charge on any atom is 0.255 e. The van der Waals surface area contributed by atoms with E-state index in [0.29, 0.717) is 48.3 Å². The molecular formula is C24H28Cl2N4O2. The summed E-state index contributed by atoms with van der Waals surface area (Å²) in [6.07, 6.45) is 0. The number of amides is 2. The summed E-state index contributed by atoms with van der Waals surface area (Å²) in [4.78, 5) is 33.8. The smallest absolute Gasteiger partial charge is 0.255 e. The second-order valence-electron chi connectivity index (χ2n) is 8.40. The van der Waals surface area contributed by atoms with E-state index in [-0.39, 0.29) is 11.8 Å². The van der Waals surface area contributed by atoms with Crippen LogP contribution >= 0.6 is 23.2 Å². The van der Waals surface area contributed by atoms with Crippen LogP contribution in [0.5, 0.6) is 0 Å². The number of anilines is 1. The molecule has 0 atom stereocenters. The van der Waals surface area contributed by atoms with Gasteiger partial charge in [-0.2, -0.15) is 0 Å². The van der Waals surface area contributed by atoms with Gasteiger partial charge in [0.05, 0.1) is 17.1 Å². The summed E-state index contributed by atoms with van der Waals surface area (Å²) in [6, 6.07) is 13.4. The molecule has 2 aliphatic heterocycles. The van der Waals surface area contributed by atoms with Crippen molar-refractivity contribution in [3.63, 3.8) is 0 Å². The number of aryl methyl sites for hydroxylation is 1. The number of hydrogen-bond donors (Lipinski definition) is 0. The molecule has 2 fully saturated rings. The fraction of sp³-hybridized carbons (Fsp3) is 0.417. The van der Waals surface area contributed by atoms with E-state index in [1.165, 1.54) is 11.3 Å². The summed E-state index contributed by atoms with van der Waals surface area (Å²) in [5, 5.41) is 0.875. The van der Waals surface area contributed by atoms with Crippen molar-refractivity contribution in [1.29, 1.82) is 0 Å². The van der Waals surface area contributed by atoms with Gasteiger partial charge in [0.2, 0.25) is 5.91 Å². The van der Waals surface area contributed by atoms with Crippen molar-refractivity contribution >= 4 is 40.7 Å². The Hall–Kier alpha value is -2.28. The molecule has 0 saturated carbocycles. The van der Waals surface area contributed by atoms with Crippen molar-refractivity contribution in [3.8, 4) is 0 Å². The van der Waals surface area contributed by atoms with Crippen LogP contribution in [0, 0.1) is 6.92 Å². The van der Waals surface area contributed by atoms with Crippen LogP contribution < -0.4 is 4.90 Å². The molecule has 0 N–H and O–H groups in total. The highest BCUT2D eigenvalue weighted by atomic mass is 35.5. The third-order valence-electron chi connectivity index (χ3n) is 6.18. The molecule has 0 aliphatic carbocycles. The normalized spacial score (nSPS) is 17.5. The zero-order valence-corrected chi connectivity index (χ0v) is 19.8.